The number of carbonyl (C=O) groups is 1. The van der Waals surface area contributed by atoms with Crippen LogP contribution in [0.1, 0.15) is 22.3 Å². The summed E-state index contributed by atoms with van der Waals surface area (Å²) >= 11 is 0. The molecule has 0 aromatic heterocycles. The van der Waals surface area contributed by atoms with E-state index in [1.54, 1.807) is 18.2 Å². The van der Waals surface area contributed by atoms with Gasteiger partial charge in [0.1, 0.15) is 0 Å². The van der Waals surface area contributed by atoms with Crippen LogP contribution in [0.4, 0.5) is 5.69 Å². The van der Waals surface area contributed by atoms with Crippen LogP contribution < -0.4 is 10.6 Å². The van der Waals surface area contributed by atoms with Crippen molar-refractivity contribution >= 4 is 33.8 Å². The lowest BCUT2D eigenvalue weighted by atomic mass is 9.97. The second-order valence-electron chi connectivity index (χ2n) is 6.51. The second kappa shape index (κ2) is 8.66. The Kier molecular flexibility index (Phi) is 6.81. The number of benzene rings is 2. The van der Waals surface area contributed by atoms with Gasteiger partial charge in [0.2, 0.25) is 0 Å². The molecule has 1 atom stereocenters. The van der Waals surface area contributed by atoms with Gasteiger partial charge in [-0.3, -0.25) is 4.79 Å². The highest BCUT2D eigenvalue weighted by Crippen LogP contribution is 2.18. The average molecular weight is 395 g/mol. The molecule has 1 saturated heterocycles. The van der Waals surface area contributed by atoms with Crippen LogP contribution in [-0.4, -0.2) is 33.7 Å². The van der Waals surface area contributed by atoms with Crippen LogP contribution in [-0.2, 0) is 16.3 Å². The molecule has 1 aliphatic heterocycles. The summed E-state index contributed by atoms with van der Waals surface area (Å²) in [5, 5.41) is 6.17. The van der Waals surface area contributed by atoms with Crippen molar-refractivity contribution in [1.82, 2.24) is 5.32 Å². The van der Waals surface area contributed by atoms with E-state index in [-0.39, 0.29) is 23.2 Å². The van der Waals surface area contributed by atoms with Crippen LogP contribution in [0.15, 0.2) is 53.4 Å². The van der Waals surface area contributed by atoms with Crippen LogP contribution in [0.3, 0.4) is 0 Å². The molecule has 7 heteroatoms. The maximum absolute atomic E-state index is 12.4. The first-order valence-corrected chi connectivity index (χ1v) is 10.2. The summed E-state index contributed by atoms with van der Waals surface area (Å²) in [4.78, 5) is 12.7. The van der Waals surface area contributed by atoms with Crippen molar-refractivity contribution in [2.24, 2.45) is 5.92 Å². The van der Waals surface area contributed by atoms with Crippen molar-refractivity contribution in [3.05, 3.63) is 59.7 Å². The normalized spacial score (nSPS) is 16.7. The summed E-state index contributed by atoms with van der Waals surface area (Å²) in [5.74, 6) is 0.431. The molecule has 26 heavy (non-hydrogen) atoms. The van der Waals surface area contributed by atoms with Crippen molar-refractivity contribution in [2.45, 2.75) is 17.7 Å². The molecule has 3 rings (SSSR count). The lowest BCUT2D eigenvalue weighted by Gasteiger charge is -2.10. The first kappa shape index (κ1) is 20.4. The zero-order valence-corrected chi connectivity index (χ0v) is 16.2. The van der Waals surface area contributed by atoms with Crippen LogP contribution in [0, 0.1) is 5.92 Å². The van der Waals surface area contributed by atoms with Gasteiger partial charge in [0.15, 0.2) is 9.84 Å². The monoisotopic (exact) mass is 394 g/mol. The summed E-state index contributed by atoms with van der Waals surface area (Å²) in [6.07, 6.45) is 3.30. The van der Waals surface area contributed by atoms with E-state index in [2.05, 4.69) is 16.7 Å². The molecule has 1 heterocycles. The minimum Gasteiger partial charge on any atom is -0.322 e. The van der Waals surface area contributed by atoms with Crippen molar-refractivity contribution < 1.29 is 13.2 Å². The minimum absolute atomic E-state index is 0. The Hall–Kier alpha value is -1.89. The summed E-state index contributed by atoms with van der Waals surface area (Å²) in [7, 11) is -3.24. The van der Waals surface area contributed by atoms with Crippen LogP contribution in [0.2, 0.25) is 0 Å². The van der Waals surface area contributed by atoms with Gasteiger partial charge in [-0.25, -0.2) is 8.42 Å². The Labute approximate surface area is 160 Å². The Balaban J connectivity index is 0.00000243. The quantitative estimate of drug-likeness (QED) is 0.817. The molecular weight excluding hydrogens is 372 g/mol. The maximum Gasteiger partial charge on any atom is 0.255 e. The number of halogens is 1. The van der Waals surface area contributed by atoms with Crippen LogP contribution >= 0.6 is 12.4 Å². The Morgan fingerprint density at radius 2 is 1.92 bits per heavy atom. The highest BCUT2D eigenvalue weighted by atomic mass is 35.5. The van der Waals surface area contributed by atoms with Crippen LogP contribution in [0.25, 0.3) is 0 Å². The van der Waals surface area contributed by atoms with E-state index < -0.39 is 9.84 Å². The molecule has 5 nitrogen and oxygen atoms in total. The number of hydrogen-bond acceptors (Lipinski definition) is 4. The molecule has 2 aromatic carbocycles. The zero-order chi connectivity index (χ0) is 17.9. The van der Waals surface area contributed by atoms with Crippen molar-refractivity contribution in [3.63, 3.8) is 0 Å². The Morgan fingerprint density at radius 1 is 1.19 bits per heavy atom. The number of anilines is 1. The van der Waals surface area contributed by atoms with E-state index in [4.69, 9.17) is 0 Å². The molecule has 0 saturated carbocycles. The third kappa shape index (κ3) is 5.30. The van der Waals surface area contributed by atoms with Crippen LogP contribution in [0.5, 0.6) is 0 Å². The van der Waals surface area contributed by atoms with Gasteiger partial charge in [-0.1, -0.05) is 12.1 Å². The number of carbonyl (C=O) groups excluding carboxylic acids is 1. The Bertz CT molecular complexity index is 861. The SMILES string of the molecule is CS(=O)(=O)c1ccc(NC(=O)c2cccc(CC3CCNC3)c2)cc1.Cl. The molecule has 1 amide bonds. The summed E-state index contributed by atoms with van der Waals surface area (Å²) < 4.78 is 23.0. The zero-order valence-electron chi connectivity index (χ0n) is 14.6. The predicted octanol–water partition coefficient (Wildman–Crippen LogP) is 2.92. The highest BCUT2D eigenvalue weighted by molar-refractivity contribution is 7.90. The first-order valence-electron chi connectivity index (χ1n) is 8.33. The lowest BCUT2D eigenvalue weighted by molar-refractivity contribution is 0.102. The summed E-state index contributed by atoms with van der Waals surface area (Å²) in [6.45, 7) is 2.09. The fraction of sp³-hybridized carbons (Fsp3) is 0.316. The van der Waals surface area contributed by atoms with Gasteiger partial charge >= 0.3 is 0 Å². The summed E-state index contributed by atoms with van der Waals surface area (Å²) in [6, 6.07) is 13.9. The number of sulfone groups is 1. The molecule has 0 bridgehead atoms. The molecule has 0 radical (unpaired) electrons. The third-order valence-electron chi connectivity index (χ3n) is 4.42. The van der Waals surface area contributed by atoms with E-state index >= 15 is 0 Å². The lowest BCUT2D eigenvalue weighted by Crippen LogP contribution is -2.13. The van der Waals surface area contributed by atoms with Crippen molar-refractivity contribution in [3.8, 4) is 0 Å². The standard InChI is InChI=1S/C19H22N2O3S.ClH/c1-25(23,24)18-7-5-17(6-8-18)21-19(22)16-4-2-3-14(12-16)11-15-9-10-20-13-15;/h2-8,12,15,20H,9-11,13H2,1H3,(H,21,22);1H. The summed E-state index contributed by atoms with van der Waals surface area (Å²) in [5.41, 5.74) is 2.34. The first-order chi connectivity index (χ1) is 11.9. The molecule has 0 spiro atoms. The minimum atomic E-state index is -3.24. The van der Waals surface area contributed by atoms with E-state index in [1.807, 2.05) is 12.1 Å². The molecular formula is C19H23ClN2O3S. The number of nitrogens with one attached hydrogen (secondary N) is 2. The highest BCUT2D eigenvalue weighted by Gasteiger charge is 2.16. The molecule has 140 valence electrons. The number of hydrogen-bond donors (Lipinski definition) is 2. The number of rotatable bonds is 5. The van der Waals surface area contributed by atoms with Gasteiger partial charge in [0.25, 0.3) is 5.91 Å². The van der Waals surface area contributed by atoms with Gasteiger partial charge in [-0.15, -0.1) is 12.4 Å². The van der Waals surface area contributed by atoms with Gasteiger partial charge in [0.05, 0.1) is 4.90 Å². The molecule has 2 N–H and O–H groups in total. The van der Waals surface area contributed by atoms with Gasteiger partial charge in [-0.2, -0.15) is 0 Å². The van der Waals surface area contributed by atoms with Crippen molar-refractivity contribution in [1.29, 1.82) is 0 Å². The fourth-order valence-corrected chi connectivity index (χ4v) is 3.68. The van der Waals surface area contributed by atoms with Gasteiger partial charge in [-0.05, 0) is 73.8 Å². The Morgan fingerprint density at radius 3 is 2.54 bits per heavy atom. The largest absolute Gasteiger partial charge is 0.322 e. The van der Waals surface area contributed by atoms with E-state index in [0.29, 0.717) is 17.2 Å². The van der Waals surface area contributed by atoms with Gasteiger partial charge < -0.3 is 10.6 Å². The second-order valence-corrected chi connectivity index (χ2v) is 8.53. The predicted molar refractivity (Wildman–Crippen MR) is 106 cm³/mol. The van der Waals surface area contributed by atoms with E-state index in [1.165, 1.54) is 18.6 Å². The third-order valence-corrected chi connectivity index (χ3v) is 5.54. The maximum atomic E-state index is 12.4. The molecule has 1 fully saturated rings. The molecule has 1 unspecified atom stereocenters. The average Bonchev–Trinajstić information content (AvgIpc) is 3.08. The van der Waals surface area contributed by atoms with E-state index in [0.717, 1.165) is 31.3 Å². The van der Waals surface area contributed by atoms with Crippen molar-refractivity contribution in [2.75, 3.05) is 24.7 Å². The smallest absolute Gasteiger partial charge is 0.255 e. The molecule has 0 aliphatic carbocycles. The molecule has 1 aliphatic rings. The molecule has 2 aromatic rings. The topological polar surface area (TPSA) is 75.3 Å². The van der Waals surface area contributed by atoms with E-state index in [9.17, 15) is 13.2 Å². The van der Waals surface area contributed by atoms with Gasteiger partial charge in [0, 0.05) is 17.5 Å². The number of amides is 1. The fourth-order valence-electron chi connectivity index (χ4n) is 3.05.